The highest BCUT2D eigenvalue weighted by atomic mass is 35.5. The fourth-order valence-corrected chi connectivity index (χ4v) is 3.75. The number of halogens is 2. The van der Waals surface area contributed by atoms with Crippen LogP contribution in [-0.4, -0.2) is 16.5 Å². The van der Waals surface area contributed by atoms with Gasteiger partial charge in [-0.3, -0.25) is 4.98 Å². The standard InChI is InChI=1S/C15H19Cl2N3S/c1-5-18-8-11-13(15(2,3)4)20-14(21-11)12-10(17)6-9(16)7-19-12/h6-7,18H,5,8H2,1-4H3. The third kappa shape index (κ3) is 3.95. The summed E-state index contributed by atoms with van der Waals surface area (Å²) in [6.07, 6.45) is 1.60. The molecule has 0 atom stereocenters. The van der Waals surface area contributed by atoms with Gasteiger partial charge < -0.3 is 5.32 Å². The van der Waals surface area contributed by atoms with Gasteiger partial charge in [0.05, 0.1) is 15.7 Å². The minimum absolute atomic E-state index is 0.0155. The first-order chi connectivity index (χ1) is 9.82. The smallest absolute Gasteiger partial charge is 0.143 e. The van der Waals surface area contributed by atoms with Crippen molar-refractivity contribution in [1.82, 2.24) is 15.3 Å². The van der Waals surface area contributed by atoms with Crippen molar-refractivity contribution in [3.63, 3.8) is 0 Å². The van der Waals surface area contributed by atoms with E-state index in [1.54, 1.807) is 23.6 Å². The average Bonchev–Trinajstić information content (AvgIpc) is 2.80. The molecule has 0 aliphatic carbocycles. The third-order valence-corrected chi connectivity index (χ3v) is 4.51. The summed E-state index contributed by atoms with van der Waals surface area (Å²) in [5, 5.41) is 5.27. The predicted molar refractivity (Wildman–Crippen MR) is 91.4 cm³/mol. The Balaban J connectivity index is 2.47. The molecule has 2 aromatic rings. The Hall–Kier alpha value is -0.680. The number of aromatic nitrogens is 2. The van der Waals surface area contributed by atoms with E-state index in [2.05, 4.69) is 38.0 Å². The van der Waals surface area contributed by atoms with Gasteiger partial charge in [0.1, 0.15) is 10.7 Å². The Bertz CT molecular complexity index is 632. The van der Waals surface area contributed by atoms with Crippen LogP contribution in [0.25, 0.3) is 10.7 Å². The van der Waals surface area contributed by atoms with Crippen LogP contribution in [0.4, 0.5) is 0 Å². The summed E-state index contributed by atoms with van der Waals surface area (Å²) in [7, 11) is 0. The Morgan fingerprint density at radius 1 is 1.29 bits per heavy atom. The second-order valence-corrected chi connectivity index (χ2v) is 7.73. The molecule has 21 heavy (non-hydrogen) atoms. The Morgan fingerprint density at radius 2 is 2.00 bits per heavy atom. The van der Waals surface area contributed by atoms with Gasteiger partial charge in [-0.25, -0.2) is 4.98 Å². The second-order valence-electron chi connectivity index (χ2n) is 5.81. The van der Waals surface area contributed by atoms with E-state index < -0.39 is 0 Å². The number of hydrogen-bond donors (Lipinski definition) is 1. The van der Waals surface area contributed by atoms with Crippen molar-refractivity contribution < 1.29 is 0 Å². The van der Waals surface area contributed by atoms with E-state index in [4.69, 9.17) is 28.2 Å². The van der Waals surface area contributed by atoms with Crippen molar-refractivity contribution in [2.75, 3.05) is 6.54 Å². The summed E-state index contributed by atoms with van der Waals surface area (Å²) in [4.78, 5) is 10.3. The van der Waals surface area contributed by atoms with Gasteiger partial charge in [0, 0.05) is 23.0 Å². The lowest BCUT2D eigenvalue weighted by Gasteiger charge is -2.17. The summed E-state index contributed by atoms with van der Waals surface area (Å²) in [5.41, 5.74) is 1.77. The zero-order chi connectivity index (χ0) is 15.6. The normalized spacial score (nSPS) is 11.9. The van der Waals surface area contributed by atoms with E-state index in [-0.39, 0.29) is 5.41 Å². The van der Waals surface area contributed by atoms with Gasteiger partial charge >= 0.3 is 0 Å². The summed E-state index contributed by atoms with van der Waals surface area (Å²) in [6, 6.07) is 1.70. The lowest BCUT2D eigenvalue weighted by Crippen LogP contribution is -2.18. The van der Waals surface area contributed by atoms with E-state index in [1.807, 2.05) is 0 Å². The predicted octanol–water partition coefficient (Wildman–Crippen LogP) is 4.92. The average molecular weight is 344 g/mol. The Labute approximate surface area is 139 Å². The molecule has 0 spiro atoms. The first kappa shape index (κ1) is 16.7. The van der Waals surface area contributed by atoms with Crippen molar-refractivity contribution in [2.45, 2.75) is 39.7 Å². The molecule has 6 heteroatoms. The zero-order valence-corrected chi connectivity index (χ0v) is 15.0. The molecular formula is C15H19Cl2N3S. The molecule has 114 valence electrons. The Kier molecular flexibility index (Phi) is 5.25. The van der Waals surface area contributed by atoms with E-state index in [1.165, 1.54) is 4.88 Å². The van der Waals surface area contributed by atoms with Crippen molar-refractivity contribution >= 4 is 34.5 Å². The molecule has 0 saturated carbocycles. The first-order valence-electron chi connectivity index (χ1n) is 6.85. The number of nitrogens with one attached hydrogen (secondary N) is 1. The summed E-state index contributed by atoms with van der Waals surface area (Å²) >= 11 is 13.8. The summed E-state index contributed by atoms with van der Waals surface area (Å²) < 4.78 is 0. The quantitative estimate of drug-likeness (QED) is 0.856. The van der Waals surface area contributed by atoms with Gasteiger partial charge in [0.2, 0.25) is 0 Å². The molecule has 0 unspecified atom stereocenters. The maximum atomic E-state index is 6.25. The molecule has 3 nitrogen and oxygen atoms in total. The minimum atomic E-state index is -0.0155. The molecule has 0 aromatic carbocycles. The van der Waals surface area contributed by atoms with Crippen molar-refractivity contribution in [2.24, 2.45) is 0 Å². The second kappa shape index (κ2) is 6.61. The zero-order valence-electron chi connectivity index (χ0n) is 12.6. The van der Waals surface area contributed by atoms with Crippen LogP contribution in [0.3, 0.4) is 0 Å². The highest BCUT2D eigenvalue weighted by Crippen LogP contribution is 2.36. The largest absolute Gasteiger partial charge is 0.312 e. The molecule has 1 N–H and O–H groups in total. The van der Waals surface area contributed by atoms with Crippen LogP contribution in [0.1, 0.15) is 38.3 Å². The van der Waals surface area contributed by atoms with Gasteiger partial charge in [0.25, 0.3) is 0 Å². The maximum Gasteiger partial charge on any atom is 0.143 e. The number of nitrogens with zero attached hydrogens (tertiary/aromatic N) is 2. The minimum Gasteiger partial charge on any atom is -0.312 e. The number of rotatable bonds is 4. The lowest BCUT2D eigenvalue weighted by molar-refractivity contribution is 0.561. The maximum absolute atomic E-state index is 6.25. The fourth-order valence-electron chi connectivity index (χ4n) is 1.97. The highest BCUT2D eigenvalue weighted by molar-refractivity contribution is 7.15. The summed E-state index contributed by atoms with van der Waals surface area (Å²) in [5.74, 6) is 0. The molecule has 0 aliphatic rings. The van der Waals surface area contributed by atoms with Gasteiger partial charge in [-0.15, -0.1) is 11.3 Å². The van der Waals surface area contributed by atoms with Crippen LogP contribution < -0.4 is 5.32 Å². The lowest BCUT2D eigenvalue weighted by atomic mass is 9.91. The van der Waals surface area contributed by atoms with Gasteiger partial charge in [-0.2, -0.15) is 0 Å². The number of pyridine rings is 1. The molecule has 0 radical (unpaired) electrons. The van der Waals surface area contributed by atoms with E-state index in [9.17, 15) is 0 Å². The molecule has 0 aliphatic heterocycles. The van der Waals surface area contributed by atoms with Crippen molar-refractivity contribution in [3.05, 3.63) is 32.9 Å². The monoisotopic (exact) mass is 343 g/mol. The SMILES string of the molecule is CCNCc1sc(-c2ncc(Cl)cc2Cl)nc1C(C)(C)C. The van der Waals surface area contributed by atoms with Gasteiger partial charge in [-0.1, -0.05) is 50.9 Å². The molecular weight excluding hydrogens is 325 g/mol. The molecule has 0 amide bonds. The first-order valence-corrected chi connectivity index (χ1v) is 8.42. The van der Waals surface area contributed by atoms with Crippen LogP contribution in [-0.2, 0) is 12.0 Å². The van der Waals surface area contributed by atoms with E-state index >= 15 is 0 Å². The highest BCUT2D eigenvalue weighted by Gasteiger charge is 2.24. The van der Waals surface area contributed by atoms with E-state index in [0.29, 0.717) is 15.7 Å². The molecule has 2 rings (SSSR count). The van der Waals surface area contributed by atoms with Crippen LogP contribution >= 0.6 is 34.5 Å². The van der Waals surface area contributed by atoms with Crippen LogP contribution in [0.5, 0.6) is 0 Å². The number of hydrogen-bond acceptors (Lipinski definition) is 4. The van der Waals surface area contributed by atoms with Crippen molar-refractivity contribution in [1.29, 1.82) is 0 Å². The molecule has 0 fully saturated rings. The third-order valence-electron chi connectivity index (χ3n) is 2.95. The van der Waals surface area contributed by atoms with Crippen LogP contribution in [0, 0.1) is 0 Å². The molecule has 2 heterocycles. The van der Waals surface area contributed by atoms with Gasteiger partial charge in [0.15, 0.2) is 0 Å². The molecule has 2 aromatic heterocycles. The summed E-state index contributed by atoms with van der Waals surface area (Å²) in [6.45, 7) is 10.3. The van der Waals surface area contributed by atoms with Crippen LogP contribution in [0.2, 0.25) is 10.0 Å². The van der Waals surface area contributed by atoms with Crippen LogP contribution in [0.15, 0.2) is 12.3 Å². The number of thiazole rings is 1. The van der Waals surface area contributed by atoms with Gasteiger partial charge in [-0.05, 0) is 12.6 Å². The topological polar surface area (TPSA) is 37.8 Å². The molecule has 0 bridgehead atoms. The fraction of sp³-hybridized carbons (Fsp3) is 0.467. The molecule has 0 saturated heterocycles. The van der Waals surface area contributed by atoms with E-state index in [0.717, 1.165) is 23.8 Å². The Morgan fingerprint density at radius 3 is 2.57 bits per heavy atom. The van der Waals surface area contributed by atoms with Crippen molar-refractivity contribution in [3.8, 4) is 10.7 Å².